The van der Waals surface area contributed by atoms with E-state index in [-0.39, 0.29) is 11.3 Å². The quantitative estimate of drug-likeness (QED) is 0.403. The van der Waals surface area contributed by atoms with Crippen LogP contribution in [-0.4, -0.2) is 24.4 Å². The number of para-hydroxylation sites is 1. The molecule has 2 aromatic carbocycles. The Kier molecular flexibility index (Phi) is 6.43. The number of esters is 1. The summed E-state index contributed by atoms with van der Waals surface area (Å²) in [5.74, 6) is -1.28. The number of anilines is 2. The molecular formula is C20H15IN2O5. The third-order valence-corrected chi connectivity index (χ3v) is 4.55. The molecule has 142 valence electrons. The number of carbonyl (C=O) groups excluding carboxylic acids is 3. The van der Waals surface area contributed by atoms with E-state index in [4.69, 9.17) is 9.15 Å². The lowest BCUT2D eigenvalue weighted by atomic mass is 10.2. The van der Waals surface area contributed by atoms with E-state index in [0.29, 0.717) is 11.4 Å². The predicted octanol–water partition coefficient (Wildman–Crippen LogP) is 3.93. The van der Waals surface area contributed by atoms with Gasteiger partial charge in [0.25, 0.3) is 11.8 Å². The molecule has 0 radical (unpaired) electrons. The van der Waals surface area contributed by atoms with Gasteiger partial charge in [0.1, 0.15) is 0 Å². The van der Waals surface area contributed by atoms with Gasteiger partial charge in [0.2, 0.25) is 0 Å². The first-order valence-electron chi connectivity index (χ1n) is 8.19. The average Bonchev–Trinajstić information content (AvgIpc) is 3.23. The number of benzene rings is 2. The summed E-state index contributed by atoms with van der Waals surface area (Å²) >= 11 is 2.10. The molecule has 0 bridgehead atoms. The number of rotatable bonds is 6. The van der Waals surface area contributed by atoms with Gasteiger partial charge in [0.15, 0.2) is 12.4 Å². The summed E-state index contributed by atoms with van der Waals surface area (Å²) in [6.45, 7) is -0.402. The van der Waals surface area contributed by atoms with Crippen molar-refractivity contribution in [1.82, 2.24) is 0 Å². The van der Waals surface area contributed by atoms with Crippen molar-refractivity contribution in [3.05, 3.63) is 81.8 Å². The highest BCUT2D eigenvalue weighted by molar-refractivity contribution is 14.1. The first kappa shape index (κ1) is 19.6. The maximum Gasteiger partial charge on any atom is 0.338 e. The lowest BCUT2D eigenvalue weighted by molar-refractivity contribution is -0.119. The van der Waals surface area contributed by atoms with Crippen molar-refractivity contribution in [2.45, 2.75) is 0 Å². The van der Waals surface area contributed by atoms with E-state index < -0.39 is 24.4 Å². The van der Waals surface area contributed by atoms with Crippen LogP contribution < -0.4 is 10.6 Å². The normalized spacial score (nSPS) is 10.2. The number of halogens is 1. The minimum atomic E-state index is -0.637. The zero-order valence-corrected chi connectivity index (χ0v) is 16.6. The first-order chi connectivity index (χ1) is 13.5. The second-order valence-electron chi connectivity index (χ2n) is 5.61. The Morgan fingerprint density at radius 1 is 0.929 bits per heavy atom. The predicted molar refractivity (Wildman–Crippen MR) is 111 cm³/mol. The highest BCUT2D eigenvalue weighted by Crippen LogP contribution is 2.17. The lowest BCUT2D eigenvalue weighted by Crippen LogP contribution is -2.21. The maximum absolute atomic E-state index is 12.1. The summed E-state index contributed by atoms with van der Waals surface area (Å²) in [5.41, 5.74) is 1.41. The Balaban J connectivity index is 1.51. The Hall–Kier alpha value is -3.14. The molecule has 0 fully saturated rings. The van der Waals surface area contributed by atoms with Crippen molar-refractivity contribution < 1.29 is 23.5 Å². The van der Waals surface area contributed by atoms with Gasteiger partial charge in [-0.15, -0.1) is 0 Å². The molecule has 0 saturated heterocycles. The van der Waals surface area contributed by atoms with E-state index in [2.05, 4.69) is 33.2 Å². The van der Waals surface area contributed by atoms with Gasteiger partial charge in [-0.3, -0.25) is 9.59 Å². The van der Waals surface area contributed by atoms with Gasteiger partial charge in [-0.05, 0) is 71.1 Å². The number of nitrogens with one attached hydrogen (secondary N) is 2. The number of hydrogen-bond donors (Lipinski definition) is 2. The van der Waals surface area contributed by atoms with Crippen LogP contribution in [0.5, 0.6) is 0 Å². The molecule has 2 N–H and O–H groups in total. The highest BCUT2D eigenvalue weighted by atomic mass is 127. The second-order valence-corrected chi connectivity index (χ2v) is 6.78. The summed E-state index contributed by atoms with van der Waals surface area (Å²) in [6.07, 6.45) is 1.41. The average molecular weight is 490 g/mol. The van der Waals surface area contributed by atoms with Crippen LogP contribution in [0.3, 0.4) is 0 Å². The van der Waals surface area contributed by atoms with Crippen LogP contribution >= 0.6 is 22.6 Å². The smallest absolute Gasteiger partial charge is 0.338 e. The summed E-state index contributed by atoms with van der Waals surface area (Å²) in [7, 11) is 0. The van der Waals surface area contributed by atoms with Crippen LogP contribution in [0.4, 0.5) is 11.4 Å². The lowest BCUT2D eigenvalue weighted by Gasteiger charge is -2.08. The minimum Gasteiger partial charge on any atom is -0.459 e. The molecule has 0 spiro atoms. The van der Waals surface area contributed by atoms with Crippen molar-refractivity contribution in [3.8, 4) is 0 Å². The van der Waals surface area contributed by atoms with Crippen molar-refractivity contribution in [2.24, 2.45) is 0 Å². The Bertz CT molecular complexity index is 984. The zero-order chi connectivity index (χ0) is 19.9. The molecule has 28 heavy (non-hydrogen) atoms. The van der Waals surface area contributed by atoms with Gasteiger partial charge in [-0.25, -0.2) is 4.79 Å². The van der Waals surface area contributed by atoms with E-state index in [1.807, 2.05) is 12.1 Å². The van der Waals surface area contributed by atoms with E-state index in [0.717, 1.165) is 3.57 Å². The van der Waals surface area contributed by atoms with Crippen LogP contribution in [0.25, 0.3) is 0 Å². The monoisotopic (exact) mass is 490 g/mol. The molecule has 3 aromatic rings. The van der Waals surface area contributed by atoms with E-state index in [1.165, 1.54) is 18.4 Å². The van der Waals surface area contributed by atoms with Gasteiger partial charge in [0, 0.05) is 9.26 Å². The third kappa shape index (κ3) is 5.19. The summed E-state index contributed by atoms with van der Waals surface area (Å²) in [6, 6.07) is 16.6. The molecular weight excluding hydrogens is 475 g/mol. The summed E-state index contributed by atoms with van der Waals surface area (Å²) in [5, 5.41) is 5.32. The topological polar surface area (TPSA) is 97.6 Å². The number of amides is 2. The van der Waals surface area contributed by atoms with Crippen molar-refractivity contribution in [2.75, 3.05) is 17.2 Å². The standard InChI is InChI=1S/C20H15IN2O5/c21-15-4-1-2-5-16(15)23-18(24)12-28-20(26)13-7-9-14(10-8-13)22-19(25)17-6-3-11-27-17/h1-11H,12H2,(H,22,25)(H,23,24). The molecule has 1 aromatic heterocycles. The fraction of sp³-hybridized carbons (Fsp3) is 0.0500. The van der Waals surface area contributed by atoms with Gasteiger partial charge in [-0.2, -0.15) is 0 Å². The van der Waals surface area contributed by atoms with Gasteiger partial charge < -0.3 is 19.8 Å². The minimum absolute atomic E-state index is 0.183. The first-order valence-corrected chi connectivity index (χ1v) is 9.27. The second kappa shape index (κ2) is 9.18. The van der Waals surface area contributed by atoms with E-state index in [1.54, 1.807) is 36.4 Å². The molecule has 0 saturated carbocycles. The molecule has 0 unspecified atom stereocenters. The van der Waals surface area contributed by atoms with Crippen molar-refractivity contribution in [1.29, 1.82) is 0 Å². The number of ether oxygens (including phenoxy) is 1. The fourth-order valence-electron chi connectivity index (χ4n) is 2.25. The zero-order valence-electron chi connectivity index (χ0n) is 14.5. The molecule has 7 nitrogen and oxygen atoms in total. The fourth-order valence-corrected chi connectivity index (χ4v) is 2.78. The summed E-state index contributed by atoms with van der Waals surface area (Å²) in [4.78, 5) is 35.9. The summed E-state index contributed by atoms with van der Waals surface area (Å²) < 4.78 is 10.9. The van der Waals surface area contributed by atoms with Crippen LogP contribution in [0.2, 0.25) is 0 Å². The SMILES string of the molecule is O=C(COC(=O)c1ccc(NC(=O)c2ccco2)cc1)Nc1ccccc1I. The molecule has 3 rings (SSSR count). The molecule has 1 heterocycles. The van der Waals surface area contributed by atoms with Gasteiger partial charge in [0.05, 0.1) is 17.5 Å². The van der Waals surface area contributed by atoms with Crippen molar-refractivity contribution in [3.63, 3.8) is 0 Å². The number of hydrogen-bond acceptors (Lipinski definition) is 5. The molecule has 8 heteroatoms. The Morgan fingerprint density at radius 3 is 2.36 bits per heavy atom. The van der Waals surface area contributed by atoms with Crippen LogP contribution in [0, 0.1) is 3.57 Å². The van der Waals surface area contributed by atoms with Crippen LogP contribution in [0.15, 0.2) is 71.3 Å². The molecule has 0 aliphatic heterocycles. The highest BCUT2D eigenvalue weighted by Gasteiger charge is 2.13. The van der Waals surface area contributed by atoms with Gasteiger partial charge in [-0.1, -0.05) is 12.1 Å². The van der Waals surface area contributed by atoms with E-state index >= 15 is 0 Å². The number of carbonyl (C=O) groups is 3. The largest absolute Gasteiger partial charge is 0.459 e. The Morgan fingerprint density at radius 2 is 1.68 bits per heavy atom. The van der Waals surface area contributed by atoms with E-state index in [9.17, 15) is 14.4 Å². The van der Waals surface area contributed by atoms with Crippen LogP contribution in [0.1, 0.15) is 20.9 Å². The Labute approximate surface area is 174 Å². The number of furan rings is 1. The maximum atomic E-state index is 12.1. The molecule has 0 atom stereocenters. The molecule has 0 aliphatic carbocycles. The van der Waals surface area contributed by atoms with Crippen molar-refractivity contribution >= 4 is 51.7 Å². The van der Waals surface area contributed by atoms with Gasteiger partial charge >= 0.3 is 5.97 Å². The van der Waals surface area contributed by atoms with Crippen LogP contribution in [-0.2, 0) is 9.53 Å². The molecule has 2 amide bonds. The third-order valence-electron chi connectivity index (χ3n) is 3.61. The molecule has 0 aliphatic rings.